The lowest BCUT2D eigenvalue weighted by molar-refractivity contribution is 0.600. The zero-order valence-corrected chi connectivity index (χ0v) is 11.0. The third kappa shape index (κ3) is 2.98. The van der Waals surface area contributed by atoms with E-state index in [4.69, 9.17) is 5.84 Å². The number of aryl methyl sites for hydroxylation is 1. The highest BCUT2D eigenvalue weighted by molar-refractivity contribution is 7.92. The van der Waals surface area contributed by atoms with Gasteiger partial charge in [0.15, 0.2) is 0 Å². The van der Waals surface area contributed by atoms with Gasteiger partial charge in [0.25, 0.3) is 10.0 Å². The molecule has 8 heteroatoms. The van der Waals surface area contributed by atoms with Crippen LogP contribution in [0.5, 0.6) is 0 Å². The van der Waals surface area contributed by atoms with Crippen molar-refractivity contribution in [3.63, 3.8) is 0 Å². The average Bonchev–Trinajstić information content (AvgIpc) is 2.41. The van der Waals surface area contributed by atoms with Gasteiger partial charge < -0.3 is 5.43 Å². The van der Waals surface area contributed by atoms with Gasteiger partial charge in [0.1, 0.15) is 10.7 Å². The SMILES string of the molecule is Cc1ncccc1NS(=O)(=O)c1ccc(NN)nc1. The van der Waals surface area contributed by atoms with Crippen molar-refractivity contribution in [3.8, 4) is 0 Å². The molecule has 0 aliphatic rings. The van der Waals surface area contributed by atoms with Crippen molar-refractivity contribution >= 4 is 21.5 Å². The number of nitrogen functional groups attached to an aromatic ring is 1. The van der Waals surface area contributed by atoms with Gasteiger partial charge in [-0.1, -0.05) is 0 Å². The topological polar surface area (TPSA) is 110 Å². The van der Waals surface area contributed by atoms with E-state index in [1.807, 2.05) is 0 Å². The highest BCUT2D eigenvalue weighted by Crippen LogP contribution is 2.17. The Morgan fingerprint density at radius 3 is 2.58 bits per heavy atom. The lowest BCUT2D eigenvalue weighted by Gasteiger charge is -2.09. The Hall–Kier alpha value is -2.19. The normalized spacial score (nSPS) is 11.1. The summed E-state index contributed by atoms with van der Waals surface area (Å²) >= 11 is 0. The Bertz CT molecular complexity index is 670. The summed E-state index contributed by atoms with van der Waals surface area (Å²) in [4.78, 5) is 7.92. The Balaban J connectivity index is 2.30. The smallest absolute Gasteiger partial charge is 0.263 e. The number of hydrogen-bond donors (Lipinski definition) is 3. The minimum absolute atomic E-state index is 0.0507. The van der Waals surface area contributed by atoms with Gasteiger partial charge in [0.05, 0.1) is 11.4 Å². The number of hydrazine groups is 1. The van der Waals surface area contributed by atoms with E-state index in [0.717, 1.165) is 0 Å². The number of pyridine rings is 2. The van der Waals surface area contributed by atoms with E-state index in [-0.39, 0.29) is 4.90 Å². The molecule has 0 atom stereocenters. The van der Waals surface area contributed by atoms with E-state index in [0.29, 0.717) is 17.2 Å². The summed E-state index contributed by atoms with van der Waals surface area (Å²) in [6, 6.07) is 6.19. The molecular weight excluding hydrogens is 266 g/mol. The van der Waals surface area contributed by atoms with Crippen molar-refractivity contribution in [1.82, 2.24) is 9.97 Å². The quantitative estimate of drug-likeness (QED) is 0.566. The summed E-state index contributed by atoms with van der Waals surface area (Å²) < 4.78 is 26.7. The monoisotopic (exact) mass is 279 g/mol. The molecular formula is C11H13N5O2S. The average molecular weight is 279 g/mol. The van der Waals surface area contributed by atoms with Crippen LogP contribution in [0.15, 0.2) is 41.6 Å². The molecule has 2 aromatic heterocycles. The molecule has 0 amide bonds. The van der Waals surface area contributed by atoms with Crippen molar-refractivity contribution in [3.05, 3.63) is 42.4 Å². The summed E-state index contributed by atoms with van der Waals surface area (Å²) in [6.07, 6.45) is 2.82. The molecule has 19 heavy (non-hydrogen) atoms. The maximum absolute atomic E-state index is 12.1. The molecule has 4 N–H and O–H groups in total. The first kappa shape index (κ1) is 13.2. The second-order valence-electron chi connectivity index (χ2n) is 3.77. The largest absolute Gasteiger partial charge is 0.308 e. The minimum Gasteiger partial charge on any atom is -0.308 e. The second-order valence-corrected chi connectivity index (χ2v) is 5.45. The van der Waals surface area contributed by atoms with Crippen molar-refractivity contribution in [2.24, 2.45) is 5.84 Å². The third-order valence-electron chi connectivity index (χ3n) is 2.45. The summed E-state index contributed by atoms with van der Waals surface area (Å²) in [7, 11) is -3.68. The van der Waals surface area contributed by atoms with Gasteiger partial charge in [-0.2, -0.15) is 0 Å². The number of hydrogen-bond acceptors (Lipinski definition) is 6. The Morgan fingerprint density at radius 1 is 1.21 bits per heavy atom. The van der Waals surface area contributed by atoms with Crippen LogP contribution in [-0.2, 0) is 10.0 Å². The van der Waals surface area contributed by atoms with Crippen LogP contribution in [0.25, 0.3) is 0 Å². The number of sulfonamides is 1. The number of rotatable bonds is 4. The zero-order chi connectivity index (χ0) is 13.9. The van der Waals surface area contributed by atoms with Gasteiger partial charge in [-0.25, -0.2) is 19.2 Å². The minimum atomic E-state index is -3.68. The van der Waals surface area contributed by atoms with Crippen molar-refractivity contribution in [1.29, 1.82) is 0 Å². The molecule has 0 aromatic carbocycles. The molecule has 0 bridgehead atoms. The van der Waals surface area contributed by atoms with Crippen LogP contribution in [-0.4, -0.2) is 18.4 Å². The maximum Gasteiger partial charge on any atom is 0.263 e. The van der Waals surface area contributed by atoms with E-state index >= 15 is 0 Å². The zero-order valence-electron chi connectivity index (χ0n) is 10.2. The van der Waals surface area contributed by atoms with Crippen LogP contribution in [0.3, 0.4) is 0 Å². The number of anilines is 2. The van der Waals surface area contributed by atoms with Crippen LogP contribution in [0.1, 0.15) is 5.69 Å². The predicted octanol–water partition coefficient (Wildman–Crippen LogP) is 0.871. The van der Waals surface area contributed by atoms with E-state index in [2.05, 4.69) is 20.1 Å². The molecule has 2 heterocycles. The van der Waals surface area contributed by atoms with Crippen molar-refractivity contribution in [2.75, 3.05) is 10.1 Å². The van der Waals surface area contributed by atoms with E-state index in [9.17, 15) is 8.42 Å². The van der Waals surface area contributed by atoms with E-state index in [1.54, 1.807) is 25.3 Å². The van der Waals surface area contributed by atoms with Crippen LogP contribution < -0.4 is 16.0 Å². The van der Waals surface area contributed by atoms with Gasteiger partial charge in [0, 0.05) is 12.4 Å². The van der Waals surface area contributed by atoms with Crippen LogP contribution in [0.2, 0.25) is 0 Å². The number of nitrogens with one attached hydrogen (secondary N) is 2. The highest BCUT2D eigenvalue weighted by atomic mass is 32.2. The fraction of sp³-hybridized carbons (Fsp3) is 0.0909. The van der Waals surface area contributed by atoms with Crippen LogP contribution in [0, 0.1) is 6.92 Å². The molecule has 0 saturated heterocycles. The first-order valence-corrected chi connectivity index (χ1v) is 6.88. The third-order valence-corrected chi connectivity index (χ3v) is 3.80. The number of nitrogens with two attached hydrogens (primary N) is 1. The van der Waals surface area contributed by atoms with Gasteiger partial charge in [-0.05, 0) is 31.2 Å². The summed E-state index contributed by atoms with van der Waals surface area (Å²) in [5.74, 6) is 5.55. The summed E-state index contributed by atoms with van der Waals surface area (Å²) in [5, 5.41) is 0. The van der Waals surface area contributed by atoms with Crippen molar-refractivity contribution in [2.45, 2.75) is 11.8 Å². The fourth-order valence-electron chi connectivity index (χ4n) is 1.42. The fourth-order valence-corrected chi connectivity index (χ4v) is 2.48. The predicted molar refractivity (Wildman–Crippen MR) is 71.8 cm³/mol. The lowest BCUT2D eigenvalue weighted by atomic mass is 10.3. The molecule has 0 unspecified atom stereocenters. The molecule has 100 valence electrons. The number of aromatic nitrogens is 2. The molecule has 2 aromatic rings. The van der Waals surface area contributed by atoms with Gasteiger partial charge in [0.2, 0.25) is 0 Å². The molecule has 2 rings (SSSR count). The van der Waals surface area contributed by atoms with Gasteiger partial charge in [-0.15, -0.1) is 0 Å². The molecule has 0 fully saturated rings. The maximum atomic E-state index is 12.1. The van der Waals surface area contributed by atoms with Crippen molar-refractivity contribution < 1.29 is 8.42 Å². The molecule has 0 spiro atoms. The first-order chi connectivity index (χ1) is 9.03. The first-order valence-electron chi connectivity index (χ1n) is 5.40. The van der Waals surface area contributed by atoms with Crippen LogP contribution >= 0.6 is 0 Å². The summed E-state index contributed by atoms with van der Waals surface area (Å²) in [5.41, 5.74) is 3.36. The lowest BCUT2D eigenvalue weighted by Crippen LogP contribution is -2.15. The molecule has 0 saturated carbocycles. The highest BCUT2D eigenvalue weighted by Gasteiger charge is 2.15. The standard InChI is InChI=1S/C11H13N5O2S/c1-8-10(3-2-6-13-8)16-19(17,18)9-4-5-11(15-12)14-7-9/h2-7,16H,12H2,1H3,(H,14,15). The van der Waals surface area contributed by atoms with Gasteiger partial charge in [-0.3, -0.25) is 9.71 Å². The molecule has 7 nitrogen and oxygen atoms in total. The Morgan fingerprint density at radius 2 is 2.00 bits per heavy atom. The molecule has 0 aliphatic carbocycles. The Kier molecular flexibility index (Phi) is 3.63. The number of nitrogens with zero attached hydrogens (tertiary/aromatic N) is 2. The van der Waals surface area contributed by atoms with Crippen LogP contribution in [0.4, 0.5) is 11.5 Å². The van der Waals surface area contributed by atoms with E-state index in [1.165, 1.54) is 18.3 Å². The second kappa shape index (κ2) is 5.21. The summed E-state index contributed by atoms with van der Waals surface area (Å²) in [6.45, 7) is 1.72. The molecule has 0 radical (unpaired) electrons. The van der Waals surface area contributed by atoms with E-state index < -0.39 is 10.0 Å². The van der Waals surface area contributed by atoms with Gasteiger partial charge >= 0.3 is 0 Å². The molecule has 0 aliphatic heterocycles. The Labute approximate surface area is 110 Å².